The smallest absolute Gasteiger partial charge is 0.269 e. The molecule has 1 amide bonds. The van der Waals surface area contributed by atoms with Crippen LogP contribution in [0.5, 0.6) is 0 Å². The molecule has 2 aromatic rings. The minimum atomic E-state index is -0.431. The highest BCUT2D eigenvalue weighted by molar-refractivity contribution is 8.00. The Labute approximate surface area is 168 Å². The first-order valence-corrected chi connectivity index (χ1v) is 9.42. The molecule has 27 heavy (non-hydrogen) atoms. The number of amides is 1. The first-order valence-electron chi connectivity index (χ1n) is 8.54. The molecule has 0 aliphatic carbocycles. The number of nitro benzene ring substituents is 1. The number of hydrogen-bond donors (Lipinski definition) is 2. The van der Waals surface area contributed by atoms with Gasteiger partial charge in [0.15, 0.2) is 0 Å². The van der Waals surface area contributed by atoms with Gasteiger partial charge in [0.05, 0.1) is 10.2 Å². The van der Waals surface area contributed by atoms with Crippen molar-refractivity contribution in [2.24, 2.45) is 0 Å². The molecule has 8 heteroatoms. The lowest BCUT2D eigenvalue weighted by molar-refractivity contribution is -0.384. The highest BCUT2D eigenvalue weighted by atomic mass is 35.5. The minimum Gasteiger partial charge on any atom is -0.353 e. The van der Waals surface area contributed by atoms with Crippen LogP contribution in [-0.4, -0.2) is 29.2 Å². The second-order valence-corrected chi connectivity index (χ2v) is 7.63. The second-order valence-electron chi connectivity index (χ2n) is 6.21. The highest BCUT2D eigenvalue weighted by Crippen LogP contribution is 2.26. The summed E-state index contributed by atoms with van der Waals surface area (Å²) in [5.41, 5.74) is 2.63. The van der Waals surface area contributed by atoms with Crippen molar-refractivity contribution >= 4 is 35.8 Å². The van der Waals surface area contributed by atoms with Crippen LogP contribution >= 0.6 is 24.2 Å². The van der Waals surface area contributed by atoms with E-state index in [-0.39, 0.29) is 35.3 Å². The molecule has 0 bridgehead atoms. The van der Waals surface area contributed by atoms with Gasteiger partial charge in [-0.1, -0.05) is 24.3 Å². The molecule has 0 saturated carbocycles. The van der Waals surface area contributed by atoms with E-state index in [0.29, 0.717) is 6.54 Å². The van der Waals surface area contributed by atoms with Crippen LogP contribution in [0, 0.1) is 10.1 Å². The van der Waals surface area contributed by atoms with Gasteiger partial charge in [0.25, 0.3) is 5.69 Å². The Bertz CT molecular complexity index is 801. The summed E-state index contributed by atoms with van der Waals surface area (Å²) in [7, 11) is 0. The van der Waals surface area contributed by atoms with Crippen molar-refractivity contribution in [1.82, 2.24) is 10.6 Å². The van der Waals surface area contributed by atoms with Crippen LogP contribution in [0.25, 0.3) is 0 Å². The van der Waals surface area contributed by atoms with Crippen molar-refractivity contribution < 1.29 is 9.72 Å². The van der Waals surface area contributed by atoms with E-state index >= 15 is 0 Å². The molecule has 2 atom stereocenters. The maximum absolute atomic E-state index is 12.4. The molecule has 144 valence electrons. The number of halogens is 1. The molecule has 0 radical (unpaired) electrons. The van der Waals surface area contributed by atoms with Gasteiger partial charge < -0.3 is 10.6 Å². The summed E-state index contributed by atoms with van der Waals surface area (Å²) in [4.78, 5) is 23.5. The molecule has 0 saturated heterocycles. The molecule has 1 aliphatic rings. The van der Waals surface area contributed by atoms with Gasteiger partial charge in [0, 0.05) is 29.6 Å². The van der Waals surface area contributed by atoms with Crippen molar-refractivity contribution in [3.05, 3.63) is 69.8 Å². The lowest BCUT2D eigenvalue weighted by Gasteiger charge is -2.27. The zero-order valence-electron chi connectivity index (χ0n) is 14.9. The number of hydrogen-bond acceptors (Lipinski definition) is 5. The highest BCUT2D eigenvalue weighted by Gasteiger charge is 2.21. The van der Waals surface area contributed by atoms with Gasteiger partial charge in [-0.25, -0.2) is 0 Å². The molecular formula is C19H22ClN3O3S. The van der Waals surface area contributed by atoms with Gasteiger partial charge in [0.2, 0.25) is 5.91 Å². The van der Waals surface area contributed by atoms with Crippen LogP contribution in [0.3, 0.4) is 0 Å². The Hall–Kier alpha value is -2.09. The number of benzene rings is 2. The van der Waals surface area contributed by atoms with E-state index in [1.807, 2.05) is 19.1 Å². The Morgan fingerprint density at radius 1 is 1.30 bits per heavy atom. The molecule has 1 heterocycles. The maximum Gasteiger partial charge on any atom is 0.269 e. The fourth-order valence-corrected chi connectivity index (χ4v) is 3.92. The third-order valence-electron chi connectivity index (χ3n) is 4.43. The largest absolute Gasteiger partial charge is 0.353 e. The van der Waals surface area contributed by atoms with E-state index in [1.165, 1.54) is 35.0 Å². The van der Waals surface area contributed by atoms with Crippen LogP contribution < -0.4 is 10.6 Å². The Kier molecular flexibility index (Phi) is 7.65. The van der Waals surface area contributed by atoms with Gasteiger partial charge in [-0.2, -0.15) is 0 Å². The first kappa shape index (κ1) is 21.2. The van der Waals surface area contributed by atoms with Crippen LogP contribution in [0.2, 0.25) is 0 Å². The number of nitrogens with one attached hydrogen (secondary N) is 2. The number of rotatable bonds is 6. The van der Waals surface area contributed by atoms with Crippen LogP contribution in [-0.2, 0) is 11.2 Å². The third-order valence-corrected chi connectivity index (χ3v) is 5.54. The van der Waals surface area contributed by atoms with Gasteiger partial charge >= 0.3 is 0 Å². The summed E-state index contributed by atoms with van der Waals surface area (Å²) < 4.78 is 0. The fraction of sp³-hybridized carbons (Fsp3) is 0.316. The van der Waals surface area contributed by atoms with E-state index in [1.54, 1.807) is 12.1 Å². The van der Waals surface area contributed by atoms with Crippen molar-refractivity contribution in [2.45, 2.75) is 29.5 Å². The normalized spacial score (nSPS) is 16.6. The number of thioether (sulfide) groups is 1. The zero-order chi connectivity index (χ0) is 18.5. The fourth-order valence-electron chi connectivity index (χ4n) is 3.03. The van der Waals surface area contributed by atoms with Crippen molar-refractivity contribution in [2.75, 3.05) is 13.1 Å². The molecule has 0 fully saturated rings. The average Bonchev–Trinajstić information content (AvgIpc) is 2.66. The summed E-state index contributed by atoms with van der Waals surface area (Å²) >= 11 is 1.39. The quantitative estimate of drug-likeness (QED) is 0.435. The van der Waals surface area contributed by atoms with Crippen molar-refractivity contribution in [3.63, 3.8) is 0 Å². The molecule has 0 aromatic heterocycles. The van der Waals surface area contributed by atoms with Crippen LogP contribution in [0.4, 0.5) is 5.69 Å². The molecular weight excluding hydrogens is 386 g/mol. The number of carbonyl (C=O) groups is 1. The second kappa shape index (κ2) is 9.73. The number of carbonyl (C=O) groups excluding carboxylic acids is 1. The van der Waals surface area contributed by atoms with Crippen molar-refractivity contribution in [3.8, 4) is 0 Å². The monoisotopic (exact) mass is 407 g/mol. The van der Waals surface area contributed by atoms with E-state index in [2.05, 4.69) is 22.8 Å². The number of nitrogens with zero attached hydrogens (tertiary/aromatic N) is 1. The number of non-ortho nitro benzene ring substituents is 1. The summed E-state index contributed by atoms with van der Waals surface area (Å²) in [5.74, 6) is -0.0433. The third kappa shape index (κ3) is 5.45. The number of fused-ring (bicyclic) bond motifs is 1. The molecule has 1 aliphatic heterocycles. The maximum atomic E-state index is 12.4. The van der Waals surface area contributed by atoms with Gasteiger partial charge in [-0.05, 0) is 43.1 Å². The molecule has 2 aromatic carbocycles. The first-order chi connectivity index (χ1) is 12.5. The van der Waals surface area contributed by atoms with E-state index in [9.17, 15) is 14.9 Å². The minimum absolute atomic E-state index is 0. The van der Waals surface area contributed by atoms with Crippen LogP contribution in [0.1, 0.15) is 24.1 Å². The lowest BCUT2D eigenvalue weighted by atomic mass is 9.94. The van der Waals surface area contributed by atoms with Gasteiger partial charge in [0.1, 0.15) is 0 Å². The Balaban J connectivity index is 0.00000261. The topological polar surface area (TPSA) is 84.3 Å². The lowest BCUT2D eigenvalue weighted by Crippen LogP contribution is -2.41. The molecule has 6 nitrogen and oxygen atoms in total. The Morgan fingerprint density at radius 3 is 2.70 bits per heavy atom. The summed E-state index contributed by atoms with van der Waals surface area (Å²) in [6, 6.07) is 14.7. The SMILES string of the molecule is CC(Sc1ccc([N+](=O)[O-])cc1)C(=O)NCC1NCCc2ccccc21.Cl. The van der Waals surface area contributed by atoms with Gasteiger partial charge in [-0.3, -0.25) is 14.9 Å². The van der Waals surface area contributed by atoms with E-state index < -0.39 is 4.92 Å². The van der Waals surface area contributed by atoms with Gasteiger partial charge in [-0.15, -0.1) is 24.2 Å². The molecule has 0 spiro atoms. The number of nitro groups is 1. The predicted molar refractivity (Wildman–Crippen MR) is 110 cm³/mol. The van der Waals surface area contributed by atoms with E-state index in [4.69, 9.17) is 0 Å². The molecule has 3 rings (SSSR count). The Morgan fingerprint density at radius 2 is 2.00 bits per heavy atom. The average molecular weight is 408 g/mol. The van der Waals surface area contributed by atoms with E-state index in [0.717, 1.165) is 17.9 Å². The van der Waals surface area contributed by atoms with Crippen molar-refractivity contribution in [1.29, 1.82) is 0 Å². The standard InChI is InChI=1S/C19H21N3O3S.ClH/c1-13(26-16-8-6-15(7-9-16)22(24)25)19(23)21-12-18-17-5-3-2-4-14(17)10-11-20-18;/h2-9,13,18,20H,10-12H2,1H3,(H,21,23);1H. The zero-order valence-corrected chi connectivity index (χ0v) is 16.5. The summed E-state index contributed by atoms with van der Waals surface area (Å²) in [6.45, 7) is 3.29. The molecule has 2 N–H and O–H groups in total. The summed E-state index contributed by atoms with van der Waals surface area (Å²) in [6.07, 6.45) is 1.01. The predicted octanol–water partition coefficient (Wildman–Crippen LogP) is 3.50. The molecule has 2 unspecified atom stereocenters. The van der Waals surface area contributed by atoms with Crippen LogP contribution in [0.15, 0.2) is 53.4 Å². The summed E-state index contributed by atoms with van der Waals surface area (Å²) in [5, 5.41) is 16.9.